The van der Waals surface area contributed by atoms with Crippen LogP contribution in [-0.4, -0.2) is 159 Å². The zero-order valence-electron chi connectivity index (χ0n) is 60.9. The summed E-state index contributed by atoms with van der Waals surface area (Å²) in [4.78, 5) is 18.8. The summed E-state index contributed by atoms with van der Waals surface area (Å²) in [5.41, 5.74) is -9.94. The first-order valence-corrected chi connectivity index (χ1v) is 36.3. The lowest BCUT2D eigenvalue weighted by atomic mass is 9.73. The Morgan fingerprint density at radius 2 is 0.645 bits per heavy atom. The normalized spacial score (nSPS) is 26.9. The molecule has 6 bridgehead atoms. The Kier molecular flexibility index (Phi) is 28.7. The van der Waals surface area contributed by atoms with Crippen molar-refractivity contribution in [3.05, 3.63) is 212 Å². The fourth-order valence-electron chi connectivity index (χ4n) is 15.4. The molecule has 6 aliphatic rings. The van der Waals surface area contributed by atoms with Gasteiger partial charge in [-0.15, -0.1) is 0 Å². The molecule has 33 heteroatoms. The first-order valence-electron chi connectivity index (χ1n) is 35.4. The van der Waals surface area contributed by atoms with Crippen LogP contribution in [0.1, 0.15) is 144 Å². The van der Waals surface area contributed by atoms with Gasteiger partial charge in [0.15, 0.2) is 0 Å². The van der Waals surface area contributed by atoms with Crippen molar-refractivity contribution < 1.29 is 113 Å². The van der Waals surface area contributed by atoms with Crippen LogP contribution in [0.3, 0.4) is 0 Å². The molecule has 110 heavy (non-hydrogen) atoms. The number of carbonyl (C=O) groups excluding carboxylic acids is 1. The number of aliphatic hydroxyl groups is 3. The summed E-state index contributed by atoms with van der Waals surface area (Å²) in [6.45, 7) is 9.65. The third-order valence-corrected chi connectivity index (χ3v) is 21.6. The minimum atomic E-state index is -4.96. The molecule has 2 radical (unpaired) electrons. The highest BCUT2D eigenvalue weighted by molar-refractivity contribution is 7.79. The molecular weight excluding hydrogens is 1510 g/mol. The second kappa shape index (κ2) is 35.5. The summed E-state index contributed by atoms with van der Waals surface area (Å²) in [7, 11) is 4.50. The summed E-state index contributed by atoms with van der Waals surface area (Å²) < 4.78 is 258. The zero-order valence-corrected chi connectivity index (χ0v) is 61.8. The van der Waals surface area contributed by atoms with Crippen molar-refractivity contribution in [3.8, 4) is 0 Å². The maximum Gasteiger partial charge on any atom is 0.416 e. The molecule has 3 unspecified atom stereocenters. The number of fused-ring (bicyclic) bond motifs is 6. The molecule has 0 spiro atoms. The fraction of sp³-hybridized carbons (Fsp3) is 0.519. The highest BCUT2D eigenvalue weighted by Gasteiger charge is 2.55. The van der Waals surface area contributed by atoms with E-state index in [1.165, 1.54) is 27.6 Å². The molecule has 6 aromatic carbocycles. The molecule has 6 aliphatic heterocycles. The Hall–Kier alpha value is -6.50. The Labute approximate surface area is 633 Å². The van der Waals surface area contributed by atoms with Crippen molar-refractivity contribution in [2.75, 3.05) is 98.3 Å². The lowest BCUT2D eigenvalue weighted by Crippen LogP contribution is -2.72. The van der Waals surface area contributed by atoms with Crippen LogP contribution in [0.4, 0.5) is 79.0 Å². The van der Waals surface area contributed by atoms with E-state index in [-0.39, 0.29) is 87.0 Å². The number of nitrogens with zero attached hydrogens (tertiary/aromatic N) is 3. The first kappa shape index (κ1) is 89.1. The van der Waals surface area contributed by atoms with Crippen molar-refractivity contribution in [1.29, 1.82) is 0 Å². The van der Waals surface area contributed by atoms with Gasteiger partial charge in [0, 0.05) is 45.8 Å². The average molecular weight is 1600 g/mol. The number of carbonyl (C=O) groups is 1. The maximum atomic E-state index is 13.3. The van der Waals surface area contributed by atoms with Crippen LogP contribution < -0.4 is 16.0 Å². The highest BCUT2D eigenvalue weighted by Crippen LogP contribution is 2.49. The Morgan fingerprint density at radius 3 is 0.900 bits per heavy atom. The second-order valence-corrected chi connectivity index (χ2v) is 28.5. The predicted molar refractivity (Wildman–Crippen MR) is 379 cm³/mol. The van der Waals surface area contributed by atoms with Crippen molar-refractivity contribution in [3.63, 3.8) is 0 Å². The lowest BCUT2D eigenvalue weighted by molar-refractivity contribution is -0.147. The number of benzene rings is 6. The molecule has 12 rings (SSSR count). The van der Waals surface area contributed by atoms with Crippen molar-refractivity contribution in [2.45, 2.75) is 155 Å². The van der Waals surface area contributed by atoms with E-state index < -0.39 is 122 Å². The third-order valence-electron chi connectivity index (χ3n) is 21.6. The van der Waals surface area contributed by atoms with E-state index in [4.69, 9.17) is 14.2 Å². The topological polar surface area (TPSA) is 151 Å². The van der Waals surface area contributed by atoms with Gasteiger partial charge in [-0.1, -0.05) is 97.8 Å². The predicted octanol–water partition coefficient (Wildman–Crippen LogP) is 15.7. The van der Waals surface area contributed by atoms with Gasteiger partial charge >= 0.3 is 37.1 Å². The van der Waals surface area contributed by atoms with Gasteiger partial charge in [-0.3, -0.25) is 19.5 Å². The van der Waals surface area contributed by atoms with Crippen LogP contribution >= 0.6 is 12.6 Å². The van der Waals surface area contributed by atoms with E-state index in [1.54, 1.807) is 18.4 Å². The number of hydrogen-bond donors (Lipinski definition) is 7. The molecule has 1 amide bonds. The number of halogens is 18. The van der Waals surface area contributed by atoms with Gasteiger partial charge in [-0.2, -0.15) is 91.7 Å². The molecule has 6 fully saturated rings. The van der Waals surface area contributed by atoms with Gasteiger partial charge in [-0.05, 0) is 154 Å². The van der Waals surface area contributed by atoms with E-state index >= 15 is 0 Å². The molecule has 12 atom stereocenters. The fourth-order valence-corrected chi connectivity index (χ4v) is 15.4. The molecule has 6 heterocycles. The van der Waals surface area contributed by atoms with Crippen LogP contribution in [-0.2, 0) is 72.7 Å². The molecule has 6 aromatic rings. The van der Waals surface area contributed by atoms with E-state index in [0.717, 1.165) is 41.0 Å². The van der Waals surface area contributed by atoms with Crippen LogP contribution in [0.15, 0.2) is 146 Å². The van der Waals surface area contributed by atoms with Gasteiger partial charge in [0.1, 0.15) is 0 Å². The maximum absolute atomic E-state index is 13.3. The van der Waals surface area contributed by atoms with Gasteiger partial charge in [0.25, 0.3) is 0 Å². The van der Waals surface area contributed by atoms with Crippen molar-refractivity contribution in [2.24, 2.45) is 0 Å². The largest absolute Gasteiger partial charge is 0.416 e. The molecule has 6 saturated heterocycles. The van der Waals surface area contributed by atoms with Crippen LogP contribution in [0.5, 0.6) is 0 Å². The second-order valence-electron chi connectivity index (χ2n) is 28.5. The van der Waals surface area contributed by atoms with E-state index in [1.807, 2.05) is 83.8 Å². The summed E-state index contributed by atoms with van der Waals surface area (Å²) in [5.74, 6) is -0.281. The number of aliphatic hydroxyl groups excluding tert-OH is 3. The average Bonchev–Trinajstić information content (AvgIpc) is 0.808. The zero-order chi connectivity index (χ0) is 81.3. The number of amides is 1. The lowest BCUT2D eigenvalue weighted by Gasteiger charge is -2.57. The summed E-state index contributed by atoms with van der Waals surface area (Å²) in [6, 6.07) is 32.8. The van der Waals surface area contributed by atoms with Gasteiger partial charge in [-0.25, -0.2) is 0 Å². The molecule has 13 nitrogen and oxygen atoms in total. The molecule has 0 saturated carbocycles. The first-order chi connectivity index (χ1) is 51.5. The molecule has 604 valence electrons. The SMILES string of the molecule is CS.C[C@@H](OC[C@@]1(c2ccccc2)CC[C@]2(CO)CN1CC(=O)N2)c1cc(C(F)(F)F)cc(C(F)(F)F)c1.C[C@@H](OC[C@@]1(c2ccccc2)CC[C@]2(CO)CN1CCN2)c1cc(C(F)(F)F)cc(C(F)(F)F)c1.C[C@@H](OC[C@@]1(c2ccccc2)CC[C@]2(CO)CN1CCN2)c1cc(C(F)(F)F)cc(C(F)(F)F)c1.[B]C. The highest BCUT2D eigenvalue weighted by atomic mass is 32.1. The minimum absolute atomic E-state index is 0.0101. The van der Waals surface area contributed by atoms with E-state index in [9.17, 15) is 99.1 Å². The number of nitrogens with one attached hydrogen (secondary N) is 3. The third kappa shape index (κ3) is 20.5. The number of ether oxygens (including phenoxy) is 3. The summed E-state index contributed by atoms with van der Waals surface area (Å²) >= 11 is 3.53. The monoisotopic (exact) mass is 1590 g/mol. The van der Waals surface area contributed by atoms with Gasteiger partial charge in [0.05, 0.1) is 139 Å². The van der Waals surface area contributed by atoms with Crippen LogP contribution in [0, 0.1) is 0 Å². The minimum Gasteiger partial charge on any atom is -0.394 e. The van der Waals surface area contributed by atoms with E-state index in [0.29, 0.717) is 96.5 Å². The molecule has 6 N–H and O–H groups in total. The quantitative estimate of drug-likeness (QED) is 0.0249. The van der Waals surface area contributed by atoms with Gasteiger partial charge < -0.3 is 45.5 Å². The van der Waals surface area contributed by atoms with Crippen molar-refractivity contribution >= 4 is 26.4 Å². The molecule has 0 aromatic heterocycles. The summed E-state index contributed by atoms with van der Waals surface area (Å²) in [6.07, 6.45) is -27.6. The number of rotatable bonds is 18. The van der Waals surface area contributed by atoms with Crippen molar-refractivity contribution in [1.82, 2.24) is 30.7 Å². The molecular formula is C77H89BF18N6O7S. The molecule has 0 aliphatic carbocycles. The smallest absolute Gasteiger partial charge is 0.394 e. The Bertz CT molecular complexity index is 3720. The standard InChI is InChI=1S/C25H26F6N2O3.2C25H28F6N2O2.CH3B.CH4S/c1-16(17-9-19(24(26,27)28)11-20(10-17)25(29,30)31)36-15-23(18-5-3-2-4-6-18)8-7-22(14-34)13-33(23)12-21(35)32-22;2*1-17(18-11-20(24(26,27)28)13-21(12-18)25(29,30)31)35-16-23(19-5-3-2-4-6-19)8-7-22(15-34)14-33(23)10-9-32-22;2*1-2/h2-6,9-11,16,34H,7-8,12-15H2,1H3,(H,32,35);2*2-6,11-13,17,32,34H,7-10,14-16H2,1H3;1H3;2H,1H3/t16-,22-,23-;2*17-,22-,23-;;/m111../s1. The van der Waals surface area contributed by atoms with Crippen LogP contribution in [0.2, 0.25) is 6.82 Å². The number of alkyl halides is 18. The Morgan fingerprint density at radius 1 is 0.400 bits per heavy atom. The number of hydrogen-bond acceptors (Lipinski definition) is 13. The summed E-state index contributed by atoms with van der Waals surface area (Å²) in [5, 5.41) is 39.5. The van der Waals surface area contributed by atoms with Crippen LogP contribution in [0.25, 0.3) is 0 Å². The number of thiol groups is 1. The number of piperidine rings is 3. The number of piperazine rings is 3. The van der Waals surface area contributed by atoms with Gasteiger partial charge in [0.2, 0.25) is 5.91 Å². The van der Waals surface area contributed by atoms with E-state index in [2.05, 4.69) is 46.2 Å². The Balaban J connectivity index is 0.000000203.